The van der Waals surface area contributed by atoms with Crippen molar-refractivity contribution in [2.75, 3.05) is 11.4 Å². The number of nitrogens with one attached hydrogen (secondary N) is 1. The molecule has 2 N–H and O–H groups in total. The summed E-state index contributed by atoms with van der Waals surface area (Å²) in [7, 11) is 0. The Kier molecular flexibility index (Phi) is 7.06. The molecule has 4 aromatic rings. The molecular formula is C30H29N3O3S. The Hall–Kier alpha value is -3.97. The van der Waals surface area contributed by atoms with E-state index >= 15 is 0 Å². The summed E-state index contributed by atoms with van der Waals surface area (Å²) in [4.78, 5) is 33.3. The van der Waals surface area contributed by atoms with Crippen LogP contribution >= 0.6 is 11.3 Å². The summed E-state index contributed by atoms with van der Waals surface area (Å²) in [6.45, 7) is 5.25. The zero-order valence-corrected chi connectivity index (χ0v) is 21.7. The van der Waals surface area contributed by atoms with Gasteiger partial charge in [-0.05, 0) is 47.4 Å². The number of benzene rings is 3. The summed E-state index contributed by atoms with van der Waals surface area (Å²) in [5, 5.41) is 14.1. The number of anilines is 1. The maximum atomic E-state index is 12.9. The summed E-state index contributed by atoms with van der Waals surface area (Å²) in [5.41, 5.74) is 3.93. The van der Waals surface area contributed by atoms with Crippen LogP contribution in [0.1, 0.15) is 67.4 Å². The second kappa shape index (κ2) is 10.6. The summed E-state index contributed by atoms with van der Waals surface area (Å²) in [6, 6.07) is 22.2. The number of hydrogen-bond acceptors (Lipinski definition) is 5. The first-order chi connectivity index (χ1) is 17.9. The third-order valence-electron chi connectivity index (χ3n) is 6.72. The fraction of sp³-hybridized carbons (Fsp3) is 0.233. The van der Waals surface area contributed by atoms with Crippen molar-refractivity contribution in [3.63, 3.8) is 0 Å². The molecule has 0 saturated carbocycles. The minimum absolute atomic E-state index is 0.0128. The van der Waals surface area contributed by atoms with Crippen molar-refractivity contribution < 1.29 is 14.7 Å². The Labute approximate surface area is 220 Å². The van der Waals surface area contributed by atoms with E-state index in [4.69, 9.17) is 0 Å². The molecule has 0 fully saturated rings. The number of phenols is 1. The predicted molar refractivity (Wildman–Crippen MR) is 146 cm³/mol. The van der Waals surface area contributed by atoms with Gasteiger partial charge in [0.15, 0.2) is 0 Å². The summed E-state index contributed by atoms with van der Waals surface area (Å²) < 4.78 is 0. The lowest BCUT2D eigenvalue weighted by molar-refractivity contribution is 0.0947. The molecule has 6 nitrogen and oxygen atoms in total. The van der Waals surface area contributed by atoms with Crippen LogP contribution in [0.15, 0.2) is 79.0 Å². The first-order valence-corrected chi connectivity index (χ1v) is 13.2. The first-order valence-electron chi connectivity index (χ1n) is 12.4. The second-order valence-corrected chi connectivity index (χ2v) is 10.7. The number of phenolic OH excluding ortho intramolecular Hbond substituents is 1. The van der Waals surface area contributed by atoms with Crippen LogP contribution in [0.4, 0.5) is 5.69 Å². The number of amides is 2. The van der Waals surface area contributed by atoms with Crippen molar-refractivity contribution in [1.82, 2.24) is 10.3 Å². The molecule has 188 valence electrons. The van der Waals surface area contributed by atoms with E-state index < -0.39 is 0 Å². The zero-order valence-electron chi connectivity index (χ0n) is 20.8. The number of carbonyl (C=O) groups is 2. The summed E-state index contributed by atoms with van der Waals surface area (Å²) in [6.07, 6.45) is 2.61. The Bertz CT molecular complexity index is 1430. The smallest absolute Gasteiger partial charge is 0.258 e. The standard InChI is InChI=1S/C30H29N3O3S/c1-19(2)27-17-31-28(37-27)15-22(16-32-29(35)25-9-5-6-10-26(25)34)20-11-13-23(14-12-20)33-18-21-7-3-4-8-24(21)30(33)36/h3-14,17,19,22,34H,15-16,18H2,1-2H3,(H,32,35). The van der Waals surface area contributed by atoms with Crippen molar-refractivity contribution in [3.8, 4) is 5.75 Å². The van der Waals surface area contributed by atoms with Crippen LogP contribution < -0.4 is 10.2 Å². The monoisotopic (exact) mass is 511 g/mol. The van der Waals surface area contributed by atoms with Crippen LogP contribution in [0.2, 0.25) is 0 Å². The largest absolute Gasteiger partial charge is 0.507 e. The lowest BCUT2D eigenvalue weighted by Gasteiger charge is -2.20. The fourth-order valence-electron chi connectivity index (χ4n) is 4.57. The molecule has 2 heterocycles. The number of thiazole rings is 1. The first kappa shape index (κ1) is 24.7. The highest BCUT2D eigenvalue weighted by molar-refractivity contribution is 7.11. The van der Waals surface area contributed by atoms with Crippen LogP contribution in [0.25, 0.3) is 0 Å². The number of aromatic hydroxyl groups is 1. The van der Waals surface area contributed by atoms with Gasteiger partial charge in [-0.15, -0.1) is 11.3 Å². The van der Waals surface area contributed by atoms with Gasteiger partial charge in [-0.2, -0.15) is 0 Å². The highest BCUT2D eigenvalue weighted by Gasteiger charge is 2.28. The topological polar surface area (TPSA) is 82.5 Å². The number of rotatable bonds is 8. The van der Waals surface area contributed by atoms with Crippen LogP contribution in [-0.2, 0) is 13.0 Å². The number of carbonyl (C=O) groups excluding carboxylic acids is 2. The van der Waals surface area contributed by atoms with Gasteiger partial charge in [0.2, 0.25) is 0 Å². The highest BCUT2D eigenvalue weighted by Crippen LogP contribution is 2.31. The van der Waals surface area contributed by atoms with Crippen LogP contribution in [0.3, 0.4) is 0 Å². The lowest BCUT2D eigenvalue weighted by atomic mass is 9.95. The van der Waals surface area contributed by atoms with Crippen molar-refractivity contribution in [3.05, 3.63) is 111 Å². The minimum atomic E-state index is -0.317. The third kappa shape index (κ3) is 5.27. The van der Waals surface area contributed by atoms with E-state index in [0.717, 1.165) is 27.4 Å². The fourth-order valence-corrected chi connectivity index (χ4v) is 5.57. The maximum Gasteiger partial charge on any atom is 0.258 e. The molecule has 0 aliphatic carbocycles. The number of fused-ring (bicyclic) bond motifs is 1. The molecule has 5 rings (SSSR count). The van der Waals surface area contributed by atoms with Crippen LogP contribution in [-0.4, -0.2) is 28.4 Å². The quantitative estimate of drug-likeness (QED) is 0.309. The van der Waals surface area contributed by atoms with Crippen molar-refractivity contribution >= 4 is 28.8 Å². The third-order valence-corrected chi connectivity index (χ3v) is 8.04. The molecule has 37 heavy (non-hydrogen) atoms. The molecule has 0 saturated heterocycles. The van der Waals surface area contributed by atoms with E-state index in [1.807, 2.05) is 54.7 Å². The Morgan fingerprint density at radius 3 is 2.49 bits per heavy atom. The van der Waals surface area contributed by atoms with E-state index in [1.54, 1.807) is 34.4 Å². The van der Waals surface area contributed by atoms with E-state index in [2.05, 4.69) is 24.1 Å². The molecular weight excluding hydrogens is 482 g/mol. The maximum absolute atomic E-state index is 12.9. The van der Waals surface area contributed by atoms with Gasteiger partial charge in [-0.1, -0.05) is 56.3 Å². The van der Waals surface area contributed by atoms with Gasteiger partial charge >= 0.3 is 0 Å². The molecule has 1 aromatic heterocycles. The average Bonchev–Trinajstić information content (AvgIpc) is 3.52. The van der Waals surface area contributed by atoms with E-state index in [0.29, 0.717) is 25.4 Å². The van der Waals surface area contributed by atoms with E-state index in [-0.39, 0.29) is 29.0 Å². The van der Waals surface area contributed by atoms with Crippen molar-refractivity contribution in [2.24, 2.45) is 0 Å². The van der Waals surface area contributed by atoms with Gasteiger partial charge in [0.05, 0.1) is 17.1 Å². The van der Waals surface area contributed by atoms with Gasteiger partial charge in [-0.25, -0.2) is 4.98 Å². The molecule has 1 aliphatic rings. The number of hydrogen-bond donors (Lipinski definition) is 2. The molecule has 1 atom stereocenters. The number of aromatic nitrogens is 1. The molecule has 0 bridgehead atoms. The zero-order chi connectivity index (χ0) is 25.9. The van der Waals surface area contributed by atoms with E-state index in [9.17, 15) is 14.7 Å². The van der Waals surface area contributed by atoms with Gasteiger partial charge < -0.3 is 15.3 Å². The summed E-state index contributed by atoms with van der Waals surface area (Å²) in [5.74, 6) is 0.0352. The van der Waals surface area contributed by atoms with Gasteiger partial charge in [0.1, 0.15) is 5.75 Å². The highest BCUT2D eigenvalue weighted by atomic mass is 32.1. The normalized spacial score (nSPS) is 13.6. The van der Waals surface area contributed by atoms with Crippen LogP contribution in [0, 0.1) is 0 Å². The van der Waals surface area contributed by atoms with E-state index in [1.165, 1.54) is 10.9 Å². The minimum Gasteiger partial charge on any atom is -0.507 e. The molecule has 3 aromatic carbocycles. The van der Waals surface area contributed by atoms with Gasteiger partial charge in [-0.3, -0.25) is 9.59 Å². The average molecular weight is 512 g/mol. The second-order valence-electron chi connectivity index (χ2n) is 9.58. The van der Waals surface area contributed by atoms with Crippen molar-refractivity contribution in [2.45, 2.75) is 38.6 Å². The number of para-hydroxylation sites is 1. The Morgan fingerprint density at radius 1 is 1.05 bits per heavy atom. The van der Waals surface area contributed by atoms with Gasteiger partial charge in [0.25, 0.3) is 11.8 Å². The molecule has 7 heteroatoms. The molecule has 0 radical (unpaired) electrons. The molecule has 2 amide bonds. The molecule has 1 unspecified atom stereocenters. The predicted octanol–water partition coefficient (Wildman–Crippen LogP) is 5.89. The number of nitrogens with zero attached hydrogens (tertiary/aromatic N) is 2. The lowest BCUT2D eigenvalue weighted by Crippen LogP contribution is -2.29. The SMILES string of the molecule is CC(C)c1cnc(CC(CNC(=O)c2ccccc2O)c2ccc(N3Cc4ccccc4C3=O)cc2)s1. The van der Waals surface area contributed by atoms with Crippen molar-refractivity contribution in [1.29, 1.82) is 0 Å². The molecule has 0 spiro atoms. The van der Waals surface area contributed by atoms with Gasteiger partial charge in [0, 0.05) is 41.2 Å². The molecule has 1 aliphatic heterocycles. The Balaban J connectivity index is 1.36. The van der Waals surface area contributed by atoms with Crippen LogP contribution in [0.5, 0.6) is 5.75 Å². The Morgan fingerprint density at radius 2 is 1.78 bits per heavy atom. The summed E-state index contributed by atoms with van der Waals surface area (Å²) >= 11 is 1.70.